The number of hydrogen-bond acceptors (Lipinski definition) is 5. The topological polar surface area (TPSA) is 51.1 Å². The summed E-state index contributed by atoms with van der Waals surface area (Å²) in [6.45, 7) is 3.84. The van der Waals surface area contributed by atoms with Crippen LogP contribution in [0.25, 0.3) is 0 Å². The van der Waals surface area contributed by atoms with Crippen LogP contribution in [0.5, 0.6) is 0 Å². The van der Waals surface area contributed by atoms with Gasteiger partial charge < -0.3 is 9.64 Å². The van der Waals surface area contributed by atoms with E-state index in [1.807, 2.05) is 24.0 Å². The summed E-state index contributed by atoms with van der Waals surface area (Å²) < 4.78 is 20.2. The van der Waals surface area contributed by atoms with E-state index in [0.717, 1.165) is 18.5 Å². The third-order valence-electron chi connectivity index (χ3n) is 3.86. The fourth-order valence-corrected chi connectivity index (χ4v) is 2.61. The van der Waals surface area contributed by atoms with Gasteiger partial charge in [-0.25, -0.2) is 14.4 Å². The van der Waals surface area contributed by atoms with Crippen molar-refractivity contribution in [1.82, 2.24) is 15.0 Å². The summed E-state index contributed by atoms with van der Waals surface area (Å²) in [7, 11) is 0. The van der Waals surface area contributed by atoms with Gasteiger partial charge in [0, 0.05) is 25.5 Å². The van der Waals surface area contributed by atoms with Crippen molar-refractivity contribution in [2.45, 2.75) is 32.5 Å². The van der Waals surface area contributed by atoms with Crippen molar-refractivity contribution < 1.29 is 9.13 Å². The fourth-order valence-electron chi connectivity index (χ4n) is 2.61. The number of pyridine rings is 1. The summed E-state index contributed by atoms with van der Waals surface area (Å²) in [4.78, 5) is 14.0. The van der Waals surface area contributed by atoms with Crippen LogP contribution in [-0.4, -0.2) is 34.1 Å². The second-order valence-corrected chi connectivity index (χ2v) is 5.33. The Morgan fingerprint density at radius 3 is 2.91 bits per heavy atom. The molecule has 0 spiro atoms. The monoisotopic (exact) mass is 302 g/mol. The van der Waals surface area contributed by atoms with Crippen LogP contribution >= 0.6 is 0 Å². The Kier molecular flexibility index (Phi) is 4.58. The summed E-state index contributed by atoms with van der Waals surface area (Å²) in [6, 6.07) is 3.87. The molecule has 0 unspecified atom stereocenters. The van der Waals surface area contributed by atoms with Gasteiger partial charge in [0.2, 0.25) is 0 Å². The molecule has 6 heteroatoms. The van der Waals surface area contributed by atoms with Crippen molar-refractivity contribution in [3.63, 3.8) is 0 Å². The zero-order valence-corrected chi connectivity index (χ0v) is 12.6. The van der Waals surface area contributed by atoms with Gasteiger partial charge in [-0.15, -0.1) is 0 Å². The van der Waals surface area contributed by atoms with Crippen LogP contribution in [0.3, 0.4) is 0 Å². The van der Waals surface area contributed by atoms with Crippen molar-refractivity contribution in [3.05, 3.63) is 47.9 Å². The number of aryl methyl sites for hydroxylation is 1. The quantitative estimate of drug-likeness (QED) is 0.848. The average molecular weight is 302 g/mol. The Morgan fingerprint density at radius 2 is 2.14 bits per heavy atom. The molecule has 0 amide bonds. The van der Waals surface area contributed by atoms with Gasteiger partial charge >= 0.3 is 0 Å². The van der Waals surface area contributed by atoms with Gasteiger partial charge in [-0.2, -0.15) is 0 Å². The second-order valence-electron chi connectivity index (χ2n) is 5.33. The molecule has 1 fully saturated rings. The van der Waals surface area contributed by atoms with Gasteiger partial charge in [0.25, 0.3) is 0 Å². The van der Waals surface area contributed by atoms with E-state index < -0.39 is 0 Å². The molecule has 0 bridgehead atoms. The van der Waals surface area contributed by atoms with Crippen molar-refractivity contribution in [2.75, 3.05) is 18.0 Å². The highest BCUT2D eigenvalue weighted by atomic mass is 19.1. The lowest BCUT2D eigenvalue weighted by Gasteiger charge is -2.18. The largest absolute Gasteiger partial charge is 0.372 e. The highest BCUT2D eigenvalue weighted by Gasteiger charge is 2.27. The lowest BCUT2D eigenvalue weighted by atomic mass is 10.3. The van der Waals surface area contributed by atoms with Crippen LogP contribution in [0.2, 0.25) is 0 Å². The Labute approximate surface area is 129 Å². The van der Waals surface area contributed by atoms with Crippen molar-refractivity contribution in [1.29, 1.82) is 0 Å². The van der Waals surface area contributed by atoms with E-state index in [1.165, 1.54) is 6.33 Å². The minimum atomic E-state index is -0.306. The minimum Gasteiger partial charge on any atom is -0.372 e. The summed E-state index contributed by atoms with van der Waals surface area (Å²) in [5, 5.41) is 0. The van der Waals surface area contributed by atoms with E-state index in [1.54, 1.807) is 12.4 Å². The second kappa shape index (κ2) is 6.79. The van der Waals surface area contributed by atoms with E-state index in [9.17, 15) is 4.39 Å². The molecule has 3 rings (SSSR count). The molecule has 0 N–H and O–H groups in total. The molecule has 2 aromatic heterocycles. The zero-order chi connectivity index (χ0) is 15.4. The lowest BCUT2D eigenvalue weighted by molar-refractivity contribution is 0.0552. The molecular weight excluding hydrogens is 283 g/mol. The van der Waals surface area contributed by atoms with Gasteiger partial charge in [0.15, 0.2) is 11.6 Å². The predicted molar refractivity (Wildman–Crippen MR) is 81.0 cm³/mol. The van der Waals surface area contributed by atoms with E-state index in [-0.39, 0.29) is 11.9 Å². The maximum Gasteiger partial charge on any atom is 0.187 e. The smallest absolute Gasteiger partial charge is 0.187 e. The first-order valence-corrected chi connectivity index (χ1v) is 7.52. The molecule has 22 heavy (non-hydrogen) atoms. The molecule has 0 radical (unpaired) electrons. The summed E-state index contributed by atoms with van der Waals surface area (Å²) in [6.07, 6.45) is 6.47. The van der Waals surface area contributed by atoms with Gasteiger partial charge in [-0.1, -0.05) is 6.92 Å². The minimum absolute atomic E-state index is 0.0904. The molecule has 0 saturated carbocycles. The predicted octanol–water partition coefficient (Wildman–Crippen LogP) is 2.37. The zero-order valence-electron chi connectivity index (χ0n) is 12.6. The van der Waals surface area contributed by atoms with Crippen LogP contribution in [-0.2, 0) is 17.8 Å². The normalized spacial score (nSPS) is 17.9. The fraction of sp³-hybridized carbons (Fsp3) is 0.438. The van der Waals surface area contributed by atoms with E-state index in [4.69, 9.17) is 4.74 Å². The van der Waals surface area contributed by atoms with Gasteiger partial charge in [-0.05, 0) is 30.5 Å². The van der Waals surface area contributed by atoms with Crippen LogP contribution in [0.1, 0.15) is 24.6 Å². The van der Waals surface area contributed by atoms with Crippen molar-refractivity contribution in [2.24, 2.45) is 0 Å². The number of halogens is 1. The lowest BCUT2D eigenvalue weighted by Crippen LogP contribution is -2.25. The maximum absolute atomic E-state index is 14.3. The van der Waals surface area contributed by atoms with Crippen LogP contribution in [0, 0.1) is 5.82 Å². The van der Waals surface area contributed by atoms with E-state index in [2.05, 4.69) is 15.0 Å². The summed E-state index contributed by atoms with van der Waals surface area (Å²) in [5.41, 5.74) is 1.56. The molecular formula is C16H19FN4O. The third kappa shape index (κ3) is 3.22. The molecule has 0 aromatic carbocycles. The van der Waals surface area contributed by atoms with Gasteiger partial charge in [0.1, 0.15) is 6.33 Å². The molecule has 116 valence electrons. The molecule has 1 aliphatic rings. The molecule has 1 atom stereocenters. The van der Waals surface area contributed by atoms with Gasteiger partial charge in [0.05, 0.1) is 18.4 Å². The summed E-state index contributed by atoms with van der Waals surface area (Å²) >= 11 is 0. The standard InChI is InChI=1S/C16H19FN4O/c1-2-14-15(17)16(20-11-19-14)21-8-5-13(9-21)22-10-12-3-6-18-7-4-12/h3-4,6-7,11,13H,2,5,8-10H2,1H3/t13-/m0/s1. The molecule has 1 saturated heterocycles. The first-order chi connectivity index (χ1) is 10.8. The SMILES string of the molecule is CCc1ncnc(N2CC[C@H](OCc3ccncc3)C2)c1F. The highest BCUT2D eigenvalue weighted by molar-refractivity contribution is 5.42. The number of rotatable bonds is 5. The maximum atomic E-state index is 14.3. The number of anilines is 1. The molecule has 0 aliphatic carbocycles. The Hall–Kier alpha value is -2.08. The number of nitrogens with zero attached hydrogens (tertiary/aromatic N) is 4. The Bertz CT molecular complexity index is 623. The van der Waals surface area contributed by atoms with E-state index in [0.29, 0.717) is 31.1 Å². The van der Waals surface area contributed by atoms with Crippen molar-refractivity contribution in [3.8, 4) is 0 Å². The Balaban J connectivity index is 1.60. The van der Waals surface area contributed by atoms with Crippen LogP contribution < -0.4 is 4.90 Å². The summed E-state index contributed by atoms with van der Waals surface area (Å²) in [5.74, 6) is 0.0849. The number of hydrogen-bond donors (Lipinski definition) is 0. The molecule has 3 heterocycles. The third-order valence-corrected chi connectivity index (χ3v) is 3.86. The van der Waals surface area contributed by atoms with Crippen LogP contribution in [0.4, 0.5) is 10.2 Å². The molecule has 2 aromatic rings. The van der Waals surface area contributed by atoms with Gasteiger partial charge in [-0.3, -0.25) is 4.98 Å². The first kappa shape index (κ1) is 14.8. The molecule has 5 nitrogen and oxygen atoms in total. The van der Waals surface area contributed by atoms with Crippen molar-refractivity contribution >= 4 is 5.82 Å². The number of aromatic nitrogens is 3. The Morgan fingerprint density at radius 1 is 1.32 bits per heavy atom. The van der Waals surface area contributed by atoms with Crippen LogP contribution in [0.15, 0.2) is 30.9 Å². The highest BCUT2D eigenvalue weighted by Crippen LogP contribution is 2.24. The number of ether oxygens (including phenoxy) is 1. The average Bonchev–Trinajstić information content (AvgIpc) is 3.03. The van der Waals surface area contributed by atoms with E-state index >= 15 is 0 Å². The molecule has 1 aliphatic heterocycles. The first-order valence-electron chi connectivity index (χ1n) is 7.52.